The largest absolute Gasteiger partial charge is 0.493 e. The molecule has 6 heteroatoms. The molecule has 1 aliphatic heterocycles. The number of hydrogen-bond acceptors (Lipinski definition) is 4. The number of urea groups is 1. The molecule has 1 unspecified atom stereocenters. The van der Waals surface area contributed by atoms with Gasteiger partial charge in [-0.2, -0.15) is 5.06 Å². The first-order valence-corrected chi connectivity index (χ1v) is 10.3. The van der Waals surface area contributed by atoms with Crippen molar-refractivity contribution in [3.63, 3.8) is 0 Å². The van der Waals surface area contributed by atoms with E-state index in [0.29, 0.717) is 18.0 Å². The molecule has 32 heavy (non-hydrogen) atoms. The van der Waals surface area contributed by atoms with E-state index in [0.717, 1.165) is 16.8 Å². The van der Waals surface area contributed by atoms with Gasteiger partial charge in [-0.3, -0.25) is 9.74 Å². The molecule has 162 valence electrons. The van der Waals surface area contributed by atoms with Crippen LogP contribution in [0.15, 0.2) is 78.9 Å². The summed E-state index contributed by atoms with van der Waals surface area (Å²) in [5.74, 6) is 7.59. The zero-order valence-corrected chi connectivity index (χ0v) is 18.0. The molecule has 1 fully saturated rings. The lowest BCUT2D eigenvalue weighted by Crippen LogP contribution is -2.34. The van der Waals surface area contributed by atoms with Gasteiger partial charge in [0.15, 0.2) is 11.5 Å². The summed E-state index contributed by atoms with van der Waals surface area (Å²) in [7, 11) is 3.17. The number of methoxy groups -OCH3 is 2. The van der Waals surface area contributed by atoms with E-state index in [2.05, 4.69) is 11.8 Å². The average Bonchev–Trinajstić information content (AvgIpc) is 3.17. The molecule has 0 radical (unpaired) electrons. The Morgan fingerprint density at radius 1 is 0.906 bits per heavy atom. The molecule has 1 saturated heterocycles. The first-order valence-electron chi connectivity index (χ1n) is 10.3. The van der Waals surface area contributed by atoms with Gasteiger partial charge in [-0.05, 0) is 42.0 Å². The van der Waals surface area contributed by atoms with E-state index in [9.17, 15) is 4.79 Å². The molecule has 3 aromatic rings. The second-order valence-electron chi connectivity index (χ2n) is 7.17. The van der Waals surface area contributed by atoms with Crippen LogP contribution in [0.3, 0.4) is 0 Å². The third-order valence-corrected chi connectivity index (χ3v) is 5.10. The van der Waals surface area contributed by atoms with Crippen LogP contribution < -0.4 is 14.4 Å². The summed E-state index contributed by atoms with van der Waals surface area (Å²) in [5, 5.41) is 1.36. The van der Waals surface area contributed by atoms with E-state index < -0.39 is 6.04 Å². The third kappa shape index (κ3) is 4.69. The first-order chi connectivity index (χ1) is 15.7. The molecule has 0 bridgehead atoms. The lowest BCUT2D eigenvalue weighted by molar-refractivity contribution is -0.128. The van der Waals surface area contributed by atoms with Gasteiger partial charge in [0.1, 0.15) is 12.6 Å². The topological polar surface area (TPSA) is 51.2 Å². The molecular formula is C26H24N2O4. The number of anilines is 1. The van der Waals surface area contributed by atoms with Gasteiger partial charge < -0.3 is 9.47 Å². The van der Waals surface area contributed by atoms with Crippen molar-refractivity contribution >= 4 is 11.7 Å². The summed E-state index contributed by atoms with van der Waals surface area (Å²) in [4.78, 5) is 20.8. The normalized spacial score (nSPS) is 15.3. The van der Waals surface area contributed by atoms with Crippen LogP contribution in [0.1, 0.15) is 11.1 Å². The molecular weight excluding hydrogens is 404 g/mol. The second-order valence-corrected chi connectivity index (χ2v) is 7.17. The van der Waals surface area contributed by atoms with Gasteiger partial charge in [0.2, 0.25) is 0 Å². The number of benzene rings is 3. The summed E-state index contributed by atoms with van der Waals surface area (Å²) < 4.78 is 10.6. The Morgan fingerprint density at radius 3 is 2.28 bits per heavy atom. The van der Waals surface area contributed by atoms with Crippen molar-refractivity contribution < 1.29 is 19.1 Å². The fourth-order valence-electron chi connectivity index (χ4n) is 3.45. The van der Waals surface area contributed by atoms with Crippen LogP contribution in [-0.4, -0.2) is 37.9 Å². The standard InChI is InChI=1S/C26H24N2O4/c1-30-24-16-14-21(17-25(24)31-2)19-32-28-23(15-13-20-9-5-3-6-10-20)18-27(26(28)29)22-11-7-4-8-12-22/h3-12,14,16-17,23H,18-19H2,1-2H3. The maximum absolute atomic E-state index is 13.2. The number of carbonyl (C=O) groups is 1. The Labute approximate surface area is 187 Å². The minimum Gasteiger partial charge on any atom is -0.493 e. The lowest BCUT2D eigenvalue weighted by atomic mass is 10.2. The maximum atomic E-state index is 13.2. The van der Waals surface area contributed by atoms with Crippen molar-refractivity contribution in [1.29, 1.82) is 0 Å². The third-order valence-electron chi connectivity index (χ3n) is 5.10. The number of hydrogen-bond donors (Lipinski definition) is 0. The molecule has 0 saturated carbocycles. The van der Waals surface area contributed by atoms with E-state index in [1.165, 1.54) is 5.06 Å². The van der Waals surface area contributed by atoms with E-state index >= 15 is 0 Å². The Kier molecular flexibility index (Phi) is 6.59. The molecule has 4 rings (SSSR count). The van der Waals surface area contributed by atoms with Crippen LogP contribution in [0.4, 0.5) is 10.5 Å². The van der Waals surface area contributed by atoms with Gasteiger partial charge in [0.25, 0.3) is 0 Å². The van der Waals surface area contributed by atoms with Crippen LogP contribution in [-0.2, 0) is 11.4 Å². The fraction of sp³-hybridized carbons (Fsp3) is 0.192. The van der Waals surface area contributed by atoms with Crippen LogP contribution in [0.2, 0.25) is 0 Å². The van der Waals surface area contributed by atoms with E-state index in [4.69, 9.17) is 14.3 Å². The highest BCUT2D eigenvalue weighted by Gasteiger charge is 2.38. The summed E-state index contributed by atoms with van der Waals surface area (Å²) in [6, 6.07) is 24.1. The zero-order chi connectivity index (χ0) is 22.3. The highest BCUT2D eigenvalue weighted by atomic mass is 16.7. The van der Waals surface area contributed by atoms with Gasteiger partial charge >= 0.3 is 6.03 Å². The van der Waals surface area contributed by atoms with Crippen LogP contribution in [0.25, 0.3) is 0 Å². The molecule has 0 aromatic heterocycles. The molecule has 3 aromatic carbocycles. The molecule has 0 aliphatic carbocycles. The van der Waals surface area contributed by atoms with Gasteiger partial charge in [0, 0.05) is 11.3 Å². The molecule has 1 aliphatic rings. The fourth-order valence-corrected chi connectivity index (χ4v) is 3.45. The number of hydroxylamine groups is 2. The highest BCUT2D eigenvalue weighted by molar-refractivity contribution is 5.94. The van der Waals surface area contributed by atoms with Crippen molar-refractivity contribution in [2.45, 2.75) is 12.6 Å². The van der Waals surface area contributed by atoms with Crippen molar-refractivity contribution in [2.24, 2.45) is 0 Å². The molecule has 6 nitrogen and oxygen atoms in total. The monoisotopic (exact) mass is 428 g/mol. The van der Waals surface area contributed by atoms with E-state index in [-0.39, 0.29) is 12.6 Å². The second kappa shape index (κ2) is 9.90. The summed E-state index contributed by atoms with van der Waals surface area (Å²) >= 11 is 0. The van der Waals surface area contributed by atoms with E-state index in [1.807, 2.05) is 78.9 Å². The SMILES string of the molecule is COc1ccc(CON2C(=O)N(c3ccccc3)CC2C#Cc2ccccc2)cc1OC. The Bertz CT molecular complexity index is 1120. The minimum absolute atomic E-state index is 0.193. The number of amides is 2. The summed E-state index contributed by atoms with van der Waals surface area (Å²) in [6.45, 7) is 0.604. The van der Waals surface area contributed by atoms with Crippen LogP contribution in [0, 0.1) is 11.8 Å². The number of nitrogens with zero attached hydrogens (tertiary/aromatic N) is 2. The van der Waals surface area contributed by atoms with E-state index in [1.54, 1.807) is 19.1 Å². The zero-order valence-electron chi connectivity index (χ0n) is 18.0. The number of ether oxygens (including phenoxy) is 2. The predicted molar refractivity (Wildman–Crippen MR) is 122 cm³/mol. The predicted octanol–water partition coefficient (Wildman–Crippen LogP) is 4.50. The summed E-state index contributed by atoms with van der Waals surface area (Å²) in [5.41, 5.74) is 2.54. The van der Waals surface area contributed by atoms with Crippen molar-refractivity contribution in [3.05, 3.63) is 90.0 Å². The Balaban J connectivity index is 1.56. The molecule has 0 N–H and O–H groups in total. The molecule has 0 spiro atoms. The number of carbonyl (C=O) groups excluding carboxylic acids is 1. The van der Waals surface area contributed by atoms with Crippen LogP contribution >= 0.6 is 0 Å². The van der Waals surface area contributed by atoms with Crippen molar-refractivity contribution in [2.75, 3.05) is 25.7 Å². The van der Waals surface area contributed by atoms with Crippen molar-refractivity contribution in [1.82, 2.24) is 5.06 Å². The number of rotatable bonds is 6. The quantitative estimate of drug-likeness (QED) is 0.543. The van der Waals surface area contributed by atoms with Crippen molar-refractivity contribution in [3.8, 4) is 23.3 Å². The molecule has 1 atom stereocenters. The minimum atomic E-state index is -0.414. The first kappa shape index (κ1) is 21.3. The maximum Gasteiger partial charge on any atom is 0.349 e. The van der Waals surface area contributed by atoms with Gasteiger partial charge in [-0.25, -0.2) is 4.79 Å². The smallest absolute Gasteiger partial charge is 0.349 e. The van der Waals surface area contributed by atoms with Gasteiger partial charge in [-0.1, -0.05) is 54.3 Å². The van der Waals surface area contributed by atoms with Crippen LogP contribution in [0.5, 0.6) is 11.5 Å². The Morgan fingerprint density at radius 2 is 1.59 bits per heavy atom. The Hall–Kier alpha value is -3.95. The average molecular weight is 428 g/mol. The summed E-state index contributed by atoms with van der Waals surface area (Å²) in [6.07, 6.45) is 0. The molecule has 2 amide bonds. The highest BCUT2D eigenvalue weighted by Crippen LogP contribution is 2.29. The number of para-hydroxylation sites is 1. The van der Waals surface area contributed by atoms with Gasteiger partial charge in [0.05, 0.1) is 20.8 Å². The lowest BCUT2D eigenvalue weighted by Gasteiger charge is -2.20. The van der Waals surface area contributed by atoms with Gasteiger partial charge in [-0.15, -0.1) is 0 Å². The molecule has 1 heterocycles.